The van der Waals surface area contributed by atoms with Crippen molar-refractivity contribution in [3.8, 4) is 5.75 Å². The minimum atomic E-state index is -0.444. The lowest BCUT2D eigenvalue weighted by Gasteiger charge is -2.17. The molecule has 0 saturated carbocycles. The summed E-state index contributed by atoms with van der Waals surface area (Å²) in [6.45, 7) is 4.32. The first-order chi connectivity index (χ1) is 8.08. The zero-order valence-electron chi connectivity index (χ0n) is 10.7. The molecule has 0 spiro atoms. The van der Waals surface area contributed by atoms with Crippen molar-refractivity contribution < 1.29 is 9.84 Å². The third-order valence-electron chi connectivity index (χ3n) is 2.97. The van der Waals surface area contributed by atoms with Crippen LogP contribution in [0.3, 0.4) is 0 Å². The standard InChI is InChI=1S/C14H21ClO2/c1-4-5-10(2)8-13(16)11-6-7-14(17-3)12(15)9-11/h6-7,9-10,13,16H,4-5,8H2,1-3H3. The smallest absolute Gasteiger partial charge is 0.137 e. The Kier molecular flexibility index (Phi) is 5.79. The van der Waals surface area contributed by atoms with Gasteiger partial charge < -0.3 is 9.84 Å². The average molecular weight is 257 g/mol. The molecule has 0 aromatic heterocycles. The molecule has 0 saturated heterocycles. The van der Waals surface area contributed by atoms with E-state index >= 15 is 0 Å². The first-order valence-electron chi connectivity index (χ1n) is 6.10. The average Bonchev–Trinajstić information content (AvgIpc) is 2.29. The molecule has 1 aromatic rings. The Morgan fingerprint density at radius 1 is 1.41 bits per heavy atom. The van der Waals surface area contributed by atoms with Crippen molar-refractivity contribution in [2.45, 2.75) is 39.2 Å². The summed E-state index contributed by atoms with van der Waals surface area (Å²) in [6, 6.07) is 5.45. The van der Waals surface area contributed by atoms with E-state index in [-0.39, 0.29) is 0 Å². The fourth-order valence-corrected chi connectivity index (χ4v) is 2.28. The maximum Gasteiger partial charge on any atom is 0.137 e. The van der Waals surface area contributed by atoms with Crippen LogP contribution in [0.4, 0.5) is 0 Å². The molecule has 0 amide bonds. The van der Waals surface area contributed by atoms with Gasteiger partial charge in [-0.25, -0.2) is 0 Å². The second-order valence-corrected chi connectivity index (χ2v) is 4.95. The maximum atomic E-state index is 10.1. The van der Waals surface area contributed by atoms with Gasteiger partial charge in [-0.15, -0.1) is 0 Å². The zero-order chi connectivity index (χ0) is 12.8. The summed E-state index contributed by atoms with van der Waals surface area (Å²) in [5, 5.41) is 10.7. The van der Waals surface area contributed by atoms with E-state index in [1.807, 2.05) is 6.07 Å². The van der Waals surface area contributed by atoms with Gasteiger partial charge in [0.05, 0.1) is 18.2 Å². The van der Waals surface area contributed by atoms with Crippen molar-refractivity contribution in [1.29, 1.82) is 0 Å². The van der Waals surface area contributed by atoms with Crippen LogP contribution in [0.2, 0.25) is 5.02 Å². The van der Waals surface area contributed by atoms with Crippen LogP contribution in [-0.4, -0.2) is 12.2 Å². The molecule has 1 rings (SSSR count). The summed E-state index contributed by atoms with van der Waals surface area (Å²) in [5.41, 5.74) is 0.860. The lowest BCUT2D eigenvalue weighted by Crippen LogP contribution is -2.04. The number of aliphatic hydroxyl groups excluding tert-OH is 1. The van der Waals surface area contributed by atoms with E-state index < -0.39 is 6.10 Å². The SMILES string of the molecule is CCCC(C)CC(O)c1ccc(OC)c(Cl)c1. The molecule has 2 nitrogen and oxygen atoms in total. The minimum Gasteiger partial charge on any atom is -0.495 e. The molecule has 0 heterocycles. The van der Waals surface area contributed by atoms with Gasteiger partial charge in [0.2, 0.25) is 0 Å². The number of rotatable bonds is 6. The molecule has 96 valence electrons. The number of hydrogen-bond acceptors (Lipinski definition) is 2. The summed E-state index contributed by atoms with van der Waals surface area (Å²) in [7, 11) is 1.58. The Morgan fingerprint density at radius 2 is 2.12 bits per heavy atom. The van der Waals surface area contributed by atoms with Crippen LogP contribution in [-0.2, 0) is 0 Å². The van der Waals surface area contributed by atoms with Crippen molar-refractivity contribution in [3.63, 3.8) is 0 Å². The fraction of sp³-hybridized carbons (Fsp3) is 0.571. The highest BCUT2D eigenvalue weighted by Gasteiger charge is 2.13. The summed E-state index contributed by atoms with van der Waals surface area (Å²) in [4.78, 5) is 0. The van der Waals surface area contributed by atoms with Crippen molar-refractivity contribution >= 4 is 11.6 Å². The quantitative estimate of drug-likeness (QED) is 0.826. The largest absolute Gasteiger partial charge is 0.495 e. The predicted octanol–water partition coefficient (Wildman–Crippen LogP) is 4.21. The number of methoxy groups -OCH3 is 1. The highest BCUT2D eigenvalue weighted by molar-refractivity contribution is 6.32. The van der Waals surface area contributed by atoms with Crippen molar-refractivity contribution in [3.05, 3.63) is 28.8 Å². The molecular weight excluding hydrogens is 236 g/mol. The molecule has 3 heteroatoms. The second kappa shape index (κ2) is 6.87. The molecule has 1 N–H and O–H groups in total. The molecule has 0 aliphatic carbocycles. The monoisotopic (exact) mass is 256 g/mol. The predicted molar refractivity (Wildman–Crippen MR) is 71.7 cm³/mol. The highest BCUT2D eigenvalue weighted by atomic mass is 35.5. The number of ether oxygens (including phenoxy) is 1. The molecule has 0 bridgehead atoms. The van der Waals surface area contributed by atoms with Gasteiger partial charge in [0, 0.05) is 0 Å². The molecule has 1 aromatic carbocycles. The highest BCUT2D eigenvalue weighted by Crippen LogP contribution is 2.30. The van der Waals surface area contributed by atoms with E-state index in [1.165, 1.54) is 0 Å². The summed E-state index contributed by atoms with van der Waals surface area (Å²) >= 11 is 6.04. The minimum absolute atomic E-state index is 0.444. The zero-order valence-corrected chi connectivity index (χ0v) is 11.5. The number of hydrogen-bond donors (Lipinski definition) is 1. The third kappa shape index (κ3) is 4.21. The Bertz CT molecular complexity index is 352. The molecule has 0 aliphatic heterocycles. The van der Waals surface area contributed by atoms with Crippen LogP contribution >= 0.6 is 11.6 Å². The van der Waals surface area contributed by atoms with E-state index in [9.17, 15) is 5.11 Å². The van der Waals surface area contributed by atoms with Crippen molar-refractivity contribution in [1.82, 2.24) is 0 Å². The van der Waals surface area contributed by atoms with E-state index in [1.54, 1.807) is 19.2 Å². The maximum absolute atomic E-state index is 10.1. The molecule has 0 fully saturated rings. The first kappa shape index (κ1) is 14.3. The van der Waals surface area contributed by atoms with Gasteiger partial charge >= 0.3 is 0 Å². The topological polar surface area (TPSA) is 29.5 Å². The second-order valence-electron chi connectivity index (χ2n) is 4.54. The lowest BCUT2D eigenvalue weighted by atomic mass is 9.95. The van der Waals surface area contributed by atoms with Crippen LogP contribution in [0.1, 0.15) is 44.8 Å². The van der Waals surface area contributed by atoms with Crippen molar-refractivity contribution in [2.75, 3.05) is 7.11 Å². The van der Waals surface area contributed by atoms with E-state index in [2.05, 4.69) is 13.8 Å². The third-order valence-corrected chi connectivity index (χ3v) is 3.26. The van der Waals surface area contributed by atoms with Gasteiger partial charge in [-0.05, 0) is 30.0 Å². The Labute approximate surface area is 109 Å². The van der Waals surface area contributed by atoms with E-state index in [0.29, 0.717) is 16.7 Å². The van der Waals surface area contributed by atoms with E-state index in [0.717, 1.165) is 24.8 Å². The van der Waals surface area contributed by atoms with Crippen molar-refractivity contribution in [2.24, 2.45) is 5.92 Å². The Morgan fingerprint density at radius 3 is 2.65 bits per heavy atom. The molecule has 0 aliphatic rings. The molecule has 0 radical (unpaired) electrons. The van der Waals surface area contributed by atoms with Gasteiger partial charge in [0.1, 0.15) is 5.75 Å². The fourth-order valence-electron chi connectivity index (χ4n) is 2.02. The van der Waals surface area contributed by atoms with Gasteiger partial charge in [-0.3, -0.25) is 0 Å². The van der Waals surface area contributed by atoms with Gasteiger partial charge in [0.15, 0.2) is 0 Å². The molecular formula is C14H21ClO2. The van der Waals surface area contributed by atoms with Crippen LogP contribution in [0.5, 0.6) is 5.75 Å². The van der Waals surface area contributed by atoms with Gasteiger partial charge in [-0.1, -0.05) is 44.4 Å². The molecule has 17 heavy (non-hydrogen) atoms. The normalized spacial score (nSPS) is 14.4. The van der Waals surface area contributed by atoms with Gasteiger partial charge in [0.25, 0.3) is 0 Å². The summed E-state index contributed by atoms with van der Waals surface area (Å²) < 4.78 is 5.09. The van der Waals surface area contributed by atoms with Gasteiger partial charge in [-0.2, -0.15) is 0 Å². The Hall–Kier alpha value is -0.730. The van der Waals surface area contributed by atoms with Crippen LogP contribution in [0, 0.1) is 5.92 Å². The van der Waals surface area contributed by atoms with Crippen LogP contribution < -0.4 is 4.74 Å². The number of halogens is 1. The number of benzene rings is 1. The van der Waals surface area contributed by atoms with E-state index in [4.69, 9.17) is 16.3 Å². The lowest BCUT2D eigenvalue weighted by molar-refractivity contribution is 0.145. The first-order valence-corrected chi connectivity index (χ1v) is 6.47. The Balaban J connectivity index is 2.69. The summed E-state index contributed by atoms with van der Waals surface area (Å²) in [5.74, 6) is 1.17. The molecule has 2 unspecified atom stereocenters. The van der Waals surface area contributed by atoms with Crippen LogP contribution in [0.25, 0.3) is 0 Å². The molecule has 2 atom stereocenters. The summed E-state index contributed by atoms with van der Waals surface area (Å²) in [6.07, 6.45) is 2.62. The van der Waals surface area contributed by atoms with Crippen LogP contribution in [0.15, 0.2) is 18.2 Å². The number of aliphatic hydroxyl groups is 1.